The van der Waals surface area contributed by atoms with Gasteiger partial charge in [0, 0.05) is 13.1 Å². The number of carbonyl (C=O) groups is 3. The van der Waals surface area contributed by atoms with Crippen LogP contribution in [0.25, 0.3) is 0 Å². The van der Waals surface area contributed by atoms with Crippen molar-refractivity contribution in [3.63, 3.8) is 0 Å². The summed E-state index contributed by atoms with van der Waals surface area (Å²) in [7, 11) is 1.44. The lowest BCUT2D eigenvalue weighted by molar-refractivity contribution is -0.143. The first kappa shape index (κ1) is 11.1. The first-order valence-electron chi connectivity index (χ1n) is 5.74. The quantitative estimate of drug-likeness (QED) is 0.627. The van der Waals surface area contributed by atoms with E-state index in [1.54, 1.807) is 0 Å². The van der Waals surface area contributed by atoms with E-state index in [4.69, 9.17) is 0 Å². The third-order valence-corrected chi connectivity index (χ3v) is 3.38. The van der Waals surface area contributed by atoms with Gasteiger partial charge in [-0.15, -0.1) is 0 Å². The molecular weight excluding hydrogens is 208 g/mol. The Bertz CT molecular complexity index is 334. The van der Waals surface area contributed by atoms with Crippen molar-refractivity contribution in [2.75, 3.05) is 7.05 Å². The third-order valence-electron chi connectivity index (χ3n) is 3.38. The number of amides is 4. The predicted octanol–water partition coefficient (Wildman–Crippen LogP) is 1.13. The Morgan fingerprint density at radius 1 is 1.00 bits per heavy atom. The molecule has 1 saturated carbocycles. The minimum Gasteiger partial charge on any atom is -0.274 e. The number of imide groups is 2. The summed E-state index contributed by atoms with van der Waals surface area (Å²) in [4.78, 5) is 37.2. The lowest BCUT2D eigenvalue weighted by Gasteiger charge is -2.37. The lowest BCUT2D eigenvalue weighted by Crippen LogP contribution is -2.57. The van der Waals surface area contributed by atoms with Crippen molar-refractivity contribution in [2.24, 2.45) is 0 Å². The van der Waals surface area contributed by atoms with Gasteiger partial charge in [-0.2, -0.15) is 0 Å². The van der Waals surface area contributed by atoms with Crippen LogP contribution >= 0.6 is 0 Å². The van der Waals surface area contributed by atoms with Gasteiger partial charge in [-0.1, -0.05) is 19.3 Å². The van der Waals surface area contributed by atoms with Gasteiger partial charge in [-0.05, 0) is 12.8 Å². The minimum absolute atomic E-state index is 0.00398. The summed E-state index contributed by atoms with van der Waals surface area (Å²) in [5.41, 5.74) is 0. The molecule has 0 aromatic rings. The number of rotatable bonds is 1. The highest BCUT2D eigenvalue weighted by molar-refractivity contribution is 6.14. The van der Waals surface area contributed by atoms with Crippen LogP contribution in [0.15, 0.2) is 0 Å². The van der Waals surface area contributed by atoms with Crippen LogP contribution in [-0.2, 0) is 9.59 Å². The molecule has 1 heterocycles. The third kappa shape index (κ3) is 1.81. The van der Waals surface area contributed by atoms with E-state index in [0.29, 0.717) is 0 Å². The summed E-state index contributed by atoms with van der Waals surface area (Å²) in [5.74, 6) is -0.734. The zero-order valence-electron chi connectivity index (χ0n) is 9.44. The second-order valence-corrected chi connectivity index (χ2v) is 4.47. The van der Waals surface area contributed by atoms with Crippen LogP contribution in [0.5, 0.6) is 0 Å². The first-order valence-corrected chi connectivity index (χ1v) is 5.74. The summed E-state index contributed by atoms with van der Waals surface area (Å²) in [5, 5.41) is 0. The number of hydrogen-bond donors (Lipinski definition) is 0. The molecule has 0 radical (unpaired) electrons. The van der Waals surface area contributed by atoms with E-state index in [0.717, 1.165) is 30.6 Å². The van der Waals surface area contributed by atoms with Gasteiger partial charge in [0.1, 0.15) is 6.42 Å². The van der Waals surface area contributed by atoms with Crippen molar-refractivity contribution < 1.29 is 14.4 Å². The van der Waals surface area contributed by atoms with Gasteiger partial charge in [0.05, 0.1) is 0 Å². The van der Waals surface area contributed by atoms with Gasteiger partial charge in [-0.25, -0.2) is 4.79 Å². The van der Waals surface area contributed by atoms with E-state index >= 15 is 0 Å². The van der Waals surface area contributed by atoms with Crippen molar-refractivity contribution in [1.82, 2.24) is 9.80 Å². The molecular formula is C11H16N2O3. The number of carbonyl (C=O) groups excluding carboxylic acids is 3. The molecule has 4 amide bonds. The fraction of sp³-hybridized carbons (Fsp3) is 0.727. The molecule has 1 aliphatic carbocycles. The number of nitrogens with zero attached hydrogens (tertiary/aromatic N) is 2. The molecule has 0 aromatic heterocycles. The molecule has 2 fully saturated rings. The van der Waals surface area contributed by atoms with E-state index in [1.165, 1.54) is 18.4 Å². The Kier molecular flexibility index (Phi) is 2.94. The molecule has 2 rings (SSSR count). The van der Waals surface area contributed by atoms with E-state index in [2.05, 4.69) is 0 Å². The molecule has 1 aliphatic heterocycles. The van der Waals surface area contributed by atoms with Gasteiger partial charge in [0.15, 0.2) is 0 Å². The highest BCUT2D eigenvalue weighted by atomic mass is 16.2. The van der Waals surface area contributed by atoms with Crippen LogP contribution in [0.4, 0.5) is 4.79 Å². The Morgan fingerprint density at radius 3 is 2.25 bits per heavy atom. The monoisotopic (exact) mass is 224 g/mol. The lowest BCUT2D eigenvalue weighted by atomic mass is 9.93. The fourth-order valence-electron chi connectivity index (χ4n) is 2.41. The highest BCUT2D eigenvalue weighted by Gasteiger charge is 2.39. The van der Waals surface area contributed by atoms with E-state index < -0.39 is 11.9 Å². The van der Waals surface area contributed by atoms with Crippen LogP contribution < -0.4 is 0 Å². The van der Waals surface area contributed by atoms with E-state index in [1.807, 2.05) is 0 Å². The van der Waals surface area contributed by atoms with Gasteiger partial charge in [0.2, 0.25) is 11.8 Å². The number of hydrogen-bond acceptors (Lipinski definition) is 3. The van der Waals surface area contributed by atoms with Crippen molar-refractivity contribution in [1.29, 1.82) is 0 Å². The summed E-state index contributed by atoms with van der Waals surface area (Å²) in [6, 6.07) is -0.447. The normalized spacial score (nSPS) is 24.2. The summed E-state index contributed by atoms with van der Waals surface area (Å²) >= 11 is 0. The average Bonchev–Trinajstić information content (AvgIpc) is 2.28. The second-order valence-electron chi connectivity index (χ2n) is 4.47. The zero-order valence-corrected chi connectivity index (χ0v) is 9.44. The van der Waals surface area contributed by atoms with E-state index in [9.17, 15) is 14.4 Å². The van der Waals surface area contributed by atoms with Gasteiger partial charge in [0.25, 0.3) is 0 Å². The van der Waals surface area contributed by atoms with Crippen LogP contribution in [0, 0.1) is 0 Å². The summed E-state index contributed by atoms with van der Waals surface area (Å²) < 4.78 is 0. The molecule has 0 unspecified atom stereocenters. The second kappa shape index (κ2) is 4.23. The Labute approximate surface area is 94.4 Å². The van der Waals surface area contributed by atoms with Crippen molar-refractivity contribution in [3.05, 3.63) is 0 Å². The largest absolute Gasteiger partial charge is 0.333 e. The molecule has 1 saturated heterocycles. The minimum atomic E-state index is -0.451. The van der Waals surface area contributed by atoms with Crippen LogP contribution in [-0.4, -0.2) is 40.7 Å². The molecule has 0 atom stereocenters. The number of barbiturate groups is 1. The maximum absolute atomic E-state index is 11.9. The molecule has 88 valence electrons. The standard InChI is InChI=1S/C11H16N2O3/c1-12-9(14)7-10(15)13(11(12)16)8-5-3-2-4-6-8/h8H,2-7H2,1H3. The van der Waals surface area contributed by atoms with Crippen molar-refractivity contribution in [3.8, 4) is 0 Å². The average molecular weight is 224 g/mol. The molecule has 0 N–H and O–H groups in total. The Morgan fingerprint density at radius 2 is 1.62 bits per heavy atom. The van der Waals surface area contributed by atoms with Crippen molar-refractivity contribution >= 4 is 17.8 Å². The molecule has 5 nitrogen and oxygen atoms in total. The summed E-state index contributed by atoms with van der Waals surface area (Å²) in [6.45, 7) is 0. The smallest absolute Gasteiger partial charge is 0.274 e. The van der Waals surface area contributed by atoms with Crippen LogP contribution in [0.1, 0.15) is 38.5 Å². The van der Waals surface area contributed by atoms with Crippen LogP contribution in [0.3, 0.4) is 0 Å². The van der Waals surface area contributed by atoms with Gasteiger partial charge < -0.3 is 0 Å². The van der Waals surface area contributed by atoms with E-state index in [-0.39, 0.29) is 18.4 Å². The summed E-state index contributed by atoms with van der Waals surface area (Å²) in [6.07, 6.45) is 4.86. The fourth-order valence-corrected chi connectivity index (χ4v) is 2.41. The van der Waals surface area contributed by atoms with Gasteiger partial charge >= 0.3 is 6.03 Å². The Hall–Kier alpha value is -1.39. The zero-order chi connectivity index (χ0) is 11.7. The molecule has 2 aliphatic rings. The molecule has 16 heavy (non-hydrogen) atoms. The first-order chi connectivity index (χ1) is 7.61. The maximum atomic E-state index is 11.9. The maximum Gasteiger partial charge on any atom is 0.333 e. The topological polar surface area (TPSA) is 57.7 Å². The van der Waals surface area contributed by atoms with Crippen LogP contribution in [0.2, 0.25) is 0 Å². The highest BCUT2D eigenvalue weighted by Crippen LogP contribution is 2.25. The molecule has 5 heteroatoms. The van der Waals surface area contributed by atoms with Gasteiger partial charge in [-0.3, -0.25) is 19.4 Å². The Balaban J connectivity index is 2.15. The SMILES string of the molecule is CN1C(=O)CC(=O)N(C2CCCCC2)C1=O. The van der Waals surface area contributed by atoms with Crippen molar-refractivity contribution in [2.45, 2.75) is 44.6 Å². The number of urea groups is 1. The molecule has 0 bridgehead atoms. The molecule has 0 aromatic carbocycles. The molecule has 0 spiro atoms. The predicted molar refractivity (Wildman–Crippen MR) is 56.5 cm³/mol.